The molecule has 0 aliphatic heterocycles. The number of hydrogen-bond acceptors (Lipinski definition) is 2. The molecule has 0 amide bonds. The minimum atomic E-state index is -1.24. The van der Waals surface area contributed by atoms with Crippen LogP contribution in [0.4, 0.5) is 0 Å². The number of benzene rings is 2. The lowest BCUT2D eigenvalue weighted by atomic mass is 10.1. The third kappa shape index (κ3) is 3.05. The Hall–Kier alpha value is -1.94. The molecule has 0 N–H and O–H groups in total. The second-order valence-corrected chi connectivity index (χ2v) is 12.2. The van der Waals surface area contributed by atoms with Gasteiger partial charge in [0.25, 0.3) is 0 Å². The lowest BCUT2D eigenvalue weighted by Gasteiger charge is -2.25. The molecular weight excluding hydrogens is 274 g/mol. The predicted octanol–water partition coefficient (Wildman–Crippen LogP) is 4.36. The van der Waals surface area contributed by atoms with Gasteiger partial charge < -0.3 is 0 Å². The van der Waals surface area contributed by atoms with Crippen LogP contribution in [0, 0.1) is 0 Å². The lowest BCUT2D eigenvalue weighted by molar-refractivity contribution is 0.554. The molecule has 108 valence electrons. The SMILES string of the molecule is C[Si](C)(C)CC(c1ccccc1)n1nnc2ccccc21. The fourth-order valence-electron chi connectivity index (χ4n) is 2.72. The van der Waals surface area contributed by atoms with E-state index in [1.54, 1.807) is 0 Å². The summed E-state index contributed by atoms with van der Waals surface area (Å²) in [5.41, 5.74) is 3.40. The molecule has 1 aromatic heterocycles. The van der Waals surface area contributed by atoms with E-state index in [-0.39, 0.29) is 6.04 Å². The van der Waals surface area contributed by atoms with Crippen LogP contribution in [0.25, 0.3) is 11.0 Å². The van der Waals surface area contributed by atoms with Crippen LogP contribution in [0.2, 0.25) is 25.7 Å². The van der Waals surface area contributed by atoms with Gasteiger partial charge in [-0.3, -0.25) is 0 Å². The van der Waals surface area contributed by atoms with Gasteiger partial charge in [-0.05, 0) is 23.7 Å². The highest BCUT2D eigenvalue weighted by atomic mass is 28.3. The van der Waals surface area contributed by atoms with E-state index in [2.05, 4.69) is 77.1 Å². The molecule has 0 radical (unpaired) electrons. The molecule has 0 bridgehead atoms. The van der Waals surface area contributed by atoms with Crippen molar-refractivity contribution in [2.24, 2.45) is 0 Å². The van der Waals surface area contributed by atoms with Crippen molar-refractivity contribution < 1.29 is 0 Å². The zero-order chi connectivity index (χ0) is 14.9. The molecule has 2 aromatic carbocycles. The molecule has 1 unspecified atom stereocenters. The van der Waals surface area contributed by atoms with Crippen molar-refractivity contribution >= 4 is 19.1 Å². The molecule has 21 heavy (non-hydrogen) atoms. The van der Waals surface area contributed by atoms with Crippen LogP contribution in [0.15, 0.2) is 54.6 Å². The molecular formula is C17H21N3Si. The maximum absolute atomic E-state index is 4.45. The maximum atomic E-state index is 4.45. The van der Waals surface area contributed by atoms with E-state index in [0.717, 1.165) is 17.1 Å². The van der Waals surface area contributed by atoms with Crippen LogP contribution in [0.1, 0.15) is 11.6 Å². The van der Waals surface area contributed by atoms with Gasteiger partial charge in [0.05, 0.1) is 11.6 Å². The average molecular weight is 295 g/mol. The van der Waals surface area contributed by atoms with Crippen molar-refractivity contribution in [2.75, 3.05) is 0 Å². The van der Waals surface area contributed by atoms with Crippen molar-refractivity contribution in [3.63, 3.8) is 0 Å². The maximum Gasteiger partial charge on any atom is 0.113 e. The molecule has 1 atom stereocenters. The molecule has 0 spiro atoms. The van der Waals surface area contributed by atoms with Crippen molar-refractivity contribution in [2.45, 2.75) is 31.7 Å². The van der Waals surface area contributed by atoms with Gasteiger partial charge in [-0.1, -0.05) is 67.3 Å². The summed E-state index contributed by atoms with van der Waals surface area (Å²) in [5, 5.41) is 8.77. The molecule has 4 heteroatoms. The molecule has 0 fully saturated rings. The van der Waals surface area contributed by atoms with Crippen LogP contribution < -0.4 is 0 Å². The summed E-state index contributed by atoms with van der Waals surface area (Å²) in [5.74, 6) is 0. The highest BCUT2D eigenvalue weighted by Crippen LogP contribution is 2.30. The number of fused-ring (bicyclic) bond motifs is 1. The Labute approximate surface area is 126 Å². The second-order valence-electron chi connectivity index (χ2n) is 6.71. The molecule has 3 rings (SSSR count). The summed E-state index contributed by atoms with van der Waals surface area (Å²) in [6, 6.07) is 20.3. The fraction of sp³-hybridized carbons (Fsp3) is 0.294. The normalized spacial score (nSPS) is 13.5. The van der Waals surface area contributed by atoms with E-state index in [4.69, 9.17) is 0 Å². The van der Waals surface area contributed by atoms with Gasteiger partial charge in [0.15, 0.2) is 0 Å². The van der Waals surface area contributed by atoms with Crippen molar-refractivity contribution in [1.29, 1.82) is 0 Å². The molecule has 3 nitrogen and oxygen atoms in total. The standard InChI is InChI=1S/C17H21N3Si/c1-21(2,3)13-17(14-9-5-4-6-10-14)20-16-12-8-7-11-15(16)18-19-20/h4-12,17H,13H2,1-3H3. The van der Waals surface area contributed by atoms with Gasteiger partial charge in [-0.25, -0.2) is 4.68 Å². The summed E-state index contributed by atoms with van der Waals surface area (Å²) in [7, 11) is -1.24. The summed E-state index contributed by atoms with van der Waals surface area (Å²) in [6.07, 6.45) is 0. The highest BCUT2D eigenvalue weighted by molar-refractivity contribution is 6.76. The van der Waals surface area contributed by atoms with Gasteiger partial charge >= 0.3 is 0 Å². The molecule has 0 aliphatic carbocycles. The summed E-state index contributed by atoms with van der Waals surface area (Å²) in [6.45, 7) is 7.21. The zero-order valence-corrected chi connectivity index (χ0v) is 13.8. The first kappa shape index (κ1) is 14.0. The molecule has 0 aliphatic rings. The second kappa shape index (κ2) is 5.45. The molecule has 3 aromatic rings. The van der Waals surface area contributed by atoms with Gasteiger partial charge in [0.1, 0.15) is 5.52 Å². The lowest BCUT2D eigenvalue weighted by Crippen LogP contribution is -2.27. The first-order valence-corrected chi connectivity index (χ1v) is 11.1. The minimum Gasteiger partial charge on any atom is -0.237 e. The number of hydrogen-bond donors (Lipinski definition) is 0. The van der Waals surface area contributed by atoms with E-state index in [9.17, 15) is 0 Å². The van der Waals surface area contributed by atoms with Crippen LogP contribution in [-0.2, 0) is 0 Å². The summed E-state index contributed by atoms with van der Waals surface area (Å²) >= 11 is 0. The number of para-hydroxylation sites is 1. The zero-order valence-electron chi connectivity index (χ0n) is 12.8. The van der Waals surface area contributed by atoms with Crippen LogP contribution in [0.3, 0.4) is 0 Å². The highest BCUT2D eigenvalue weighted by Gasteiger charge is 2.25. The molecule has 1 heterocycles. The van der Waals surface area contributed by atoms with Crippen LogP contribution in [0.5, 0.6) is 0 Å². The van der Waals surface area contributed by atoms with Crippen molar-refractivity contribution in [3.05, 3.63) is 60.2 Å². The Kier molecular flexibility index (Phi) is 3.63. The van der Waals surface area contributed by atoms with Gasteiger partial charge in [0, 0.05) is 8.07 Å². The van der Waals surface area contributed by atoms with Crippen molar-refractivity contribution in [1.82, 2.24) is 15.0 Å². The largest absolute Gasteiger partial charge is 0.237 e. The molecule has 0 saturated heterocycles. The van der Waals surface area contributed by atoms with E-state index in [1.807, 2.05) is 12.1 Å². The molecule has 0 saturated carbocycles. The Morgan fingerprint density at radius 3 is 2.33 bits per heavy atom. The topological polar surface area (TPSA) is 30.7 Å². The average Bonchev–Trinajstić information content (AvgIpc) is 2.89. The van der Waals surface area contributed by atoms with Gasteiger partial charge in [0.2, 0.25) is 0 Å². The van der Waals surface area contributed by atoms with E-state index in [1.165, 1.54) is 5.56 Å². The third-order valence-corrected chi connectivity index (χ3v) is 5.27. The fourth-order valence-corrected chi connectivity index (χ4v) is 4.29. The van der Waals surface area contributed by atoms with Gasteiger partial charge in [-0.2, -0.15) is 0 Å². The first-order chi connectivity index (χ1) is 10.0. The summed E-state index contributed by atoms with van der Waals surface area (Å²) < 4.78 is 2.10. The Morgan fingerprint density at radius 1 is 0.952 bits per heavy atom. The van der Waals surface area contributed by atoms with E-state index in [0.29, 0.717) is 0 Å². The minimum absolute atomic E-state index is 0.269. The van der Waals surface area contributed by atoms with Crippen molar-refractivity contribution in [3.8, 4) is 0 Å². The summed E-state index contributed by atoms with van der Waals surface area (Å²) in [4.78, 5) is 0. The number of rotatable bonds is 4. The van der Waals surface area contributed by atoms with Gasteiger partial charge in [-0.15, -0.1) is 5.10 Å². The Morgan fingerprint density at radius 2 is 1.62 bits per heavy atom. The van der Waals surface area contributed by atoms with Crippen LogP contribution in [-0.4, -0.2) is 23.1 Å². The quantitative estimate of drug-likeness (QED) is 0.670. The Balaban J connectivity index is 2.11. The van der Waals surface area contributed by atoms with Crippen LogP contribution >= 0.6 is 0 Å². The first-order valence-electron chi connectivity index (χ1n) is 7.39. The smallest absolute Gasteiger partial charge is 0.113 e. The number of nitrogens with zero attached hydrogens (tertiary/aromatic N) is 3. The Bertz CT molecular complexity index is 728. The predicted molar refractivity (Wildman–Crippen MR) is 90.3 cm³/mol. The van der Waals surface area contributed by atoms with E-state index < -0.39 is 8.07 Å². The monoisotopic (exact) mass is 295 g/mol. The third-order valence-electron chi connectivity index (χ3n) is 3.66. The number of aromatic nitrogens is 3. The van der Waals surface area contributed by atoms with E-state index >= 15 is 0 Å².